The molecule has 1 atom stereocenters. The lowest BCUT2D eigenvalue weighted by atomic mass is 10.0. The van der Waals surface area contributed by atoms with E-state index in [9.17, 15) is 9.59 Å². The van der Waals surface area contributed by atoms with Gasteiger partial charge in [0.05, 0.1) is 18.9 Å². The van der Waals surface area contributed by atoms with Gasteiger partial charge in [0.25, 0.3) is 5.56 Å². The predicted molar refractivity (Wildman–Crippen MR) is 123 cm³/mol. The van der Waals surface area contributed by atoms with Crippen molar-refractivity contribution in [3.63, 3.8) is 0 Å². The Labute approximate surface area is 190 Å². The minimum Gasteiger partial charge on any atom is -0.378 e. The van der Waals surface area contributed by atoms with E-state index in [4.69, 9.17) is 4.74 Å². The molecule has 2 saturated heterocycles. The number of hydrogen-bond donors (Lipinski definition) is 0. The summed E-state index contributed by atoms with van der Waals surface area (Å²) in [5.74, 6) is 0.158. The number of ether oxygens (including phenoxy) is 1. The Balaban J connectivity index is 1.28. The second-order valence-electron chi connectivity index (χ2n) is 8.20. The number of morpholine rings is 1. The maximum atomic E-state index is 13.5. The zero-order chi connectivity index (χ0) is 21.9. The molecular weight excluding hydrogens is 426 g/mol. The van der Waals surface area contributed by atoms with Crippen molar-refractivity contribution >= 4 is 22.2 Å². The maximum absolute atomic E-state index is 13.5. The maximum Gasteiger partial charge on any atom is 0.258 e. The van der Waals surface area contributed by atoms with Crippen LogP contribution in [0.1, 0.15) is 17.3 Å². The molecule has 3 aromatic rings. The smallest absolute Gasteiger partial charge is 0.258 e. The Hall–Kier alpha value is -2.59. The van der Waals surface area contributed by atoms with E-state index in [2.05, 4.69) is 14.8 Å². The van der Waals surface area contributed by atoms with E-state index in [1.807, 2.05) is 40.6 Å². The molecule has 0 bridgehead atoms. The molecule has 1 unspecified atom stereocenters. The average Bonchev–Trinajstić information content (AvgIpc) is 3.31. The van der Waals surface area contributed by atoms with Crippen LogP contribution in [0.3, 0.4) is 0 Å². The van der Waals surface area contributed by atoms with Crippen LogP contribution in [0, 0.1) is 0 Å². The first-order valence-electron chi connectivity index (χ1n) is 11.0. The predicted octanol–water partition coefficient (Wildman–Crippen LogP) is 1.47. The molecule has 1 aromatic carbocycles. The van der Waals surface area contributed by atoms with Gasteiger partial charge in [-0.05, 0) is 5.56 Å². The largest absolute Gasteiger partial charge is 0.378 e. The Morgan fingerprint density at radius 2 is 1.81 bits per heavy atom. The summed E-state index contributed by atoms with van der Waals surface area (Å²) in [6.45, 7) is 6.36. The Bertz CT molecular complexity index is 1120. The summed E-state index contributed by atoms with van der Waals surface area (Å²) in [7, 11) is 0. The van der Waals surface area contributed by atoms with E-state index < -0.39 is 0 Å². The van der Waals surface area contributed by atoms with E-state index in [0.717, 1.165) is 42.4 Å². The fraction of sp³-hybridized carbons (Fsp3) is 0.435. The number of thiazole rings is 1. The summed E-state index contributed by atoms with van der Waals surface area (Å²) in [6.07, 6.45) is 1.76. The lowest BCUT2D eigenvalue weighted by molar-refractivity contribution is -0.142. The number of piperazine rings is 1. The van der Waals surface area contributed by atoms with E-state index in [0.29, 0.717) is 32.8 Å². The van der Waals surface area contributed by atoms with Crippen LogP contribution in [0.25, 0.3) is 4.96 Å². The highest BCUT2D eigenvalue weighted by atomic mass is 32.1. The Morgan fingerprint density at radius 1 is 1.06 bits per heavy atom. The summed E-state index contributed by atoms with van der Waals surface area (Å²) < 4.78 is 7.02. The van der Waals surface area contributed by atoms with E-state index in [-0.39, 0.29) is 17.5 Å². The molecule has 32 heavy (non-hydrogen) atoms. The van der Waals surface area contributed by atoms with Gasteiger partial charge < -0.3 is 9.64 Å². The number of rotatable bonds is 5. The fourth-order valence-electron chi connectivity index (χ4n) is 4.48. The van der Waals surface area contributed by atoms with Gasteiger partial charge >= 0.3 is 0 Å². The number of nitrogens with zero attached hydrogens (tertiary/aromatic N) is 5. The van der Waals surface area contributed by atoms with Crippen LogP contribution in [-0.2, 0) is 16.1 Å². The molecule has 168 valence electrons. The number of carbonyl (C=O) groups excluding carboxylic acids is 1. The van der Waals surface area contributed by atoms with Crippen molar-refractivity contribution in [1.29, 1.82) is 0 Å². The van der Waals surface area contributed by atoms with Gasteiger partial charge in [-0.15, -0.1) is 11.3 Å². The molecule has 5 rings (SSSR count). The van der Waals surface area contributed by atoms with Crippen molar-refractivity contribution in [1.82, 2.24) is 24.1 Å². The van der Waals surface area contributed by atoms with Crippen molar-refractivity contribution in [3.05, 3.63) is 69.6 Å². The second-order valence-corrected chi connectivity index (χ2v) is 9.08. The zero-order valence-corrected chi connectivity index (χ0v) is 18.7. The lowest BCUT2D eigenvalue weighted by Crippen LogP contribution is -2.52. The minimum absolute atomic E-state index is 0.0369. The molecule has 0 aliphatic carbocycles. The van der Waals surface area contributed by atoms with Crippen LogP contribution in [0.4, 0.5) is 0 Å². The number of carbonyl (C=O) groups is 1. The van der Waals surface area contributed by atoms with Gasteiger partial charge in [0.15, 0.2) is 4.96 Å². The van der Waals surface area contributed by atoms with E-state index >= 15 is 0 Å². The van der Waals surface area contributed by atoms with Gasteiger partial charge in [-0.2, -0.15) is 0 Å². The molecule has 8 nitrogen and oxygen atoms in total. The summed E-state index contributed by atoms with van der Waals surface area (Å²) >= 11 is 1.47. The van der Waals surface area contributed by atoms with Crippen LogP contribution in [0.2, 0.25) is 0 Å². The van der Waals surface area contributed by atoms with Gasteiger partial charge in [-0.25, -0.2) is 4.98 Å². The molecule has 0 N–H and O–H groups in total. The molecule has 2 aliphatic heterocycles. The number of aromatic nitrogens is 2. The van der Waals surface area contributed by atoms with Gasteiger partial charge in [-0.3, -0.25) is 23.8 Å². The summed E-state index contributed by atoms with van der Waals surface area (Å²) in [6, 6.07) is 11.4. The van der Waals surface area contributed by atoms with Gasteiger partial charge in [0, 0.05) is 63.5 Å². The molecule has 1 amide bonds. The van der Waals surface area contributed by atoms with Crippen LogP contribution in [-0.4, -0.2) is 82.5 Å². The average molecular weight is 454 g/mol. The summed E-state index contributed by atoms with van der Waals surface area (Å²) in [5, 5.41) is 1.88. The molecule has 2 fully saturated rings. The molecule has 0 saturated carbocycles. The highest BCUT2D eigenvalue weighted by Gasteiger charge is 2.34. The van der Waals surface area contributed by atoms with Crippen molar-refractivity contribution in [2.75, 3.05) is 52.5 Å². The SMILES string of the molecule is O=C(C(c1ccccc1)N1CCN(Cc2cc(=O)n3ccsc3n2)CC1)N1CCOCC1. The van der Waals surface area contributed by atoms with Crippen LogP contribution >= 0.6 is 11.3 Å². The highest BCUT2D eigenvalue weighted by Crippen LogP contribution is 2.25. The van der Waals surface area contributed by atoms with Gasteiger partial charge in [0.2, 0.25) is 5.91 Å². The third-order valence-corrected chi connectivity index (χ3v) is 6.94. The standard InChI is InChI=1S/C23H27N5O3S/c29-20-16-19(24-23-28(20)12-15-32-23)17-25-6-8-26(9-7-25)21(18-4-2-1-3-5-18)22(30)27-10-13-31-14-11-27/h1-5,12,15-16,21H,6-11,13-14,17H2. The number of hydrogen-bond acceptors (Lipinski definition) is 7. The fourth-order valence-corrected chi connectivity index (χ4v) is 5.22. The molecule has 0 spiro atoms. The minimum atomic E-state index is -0.276. The first-order chi connectivity index (χ1) is 15.7. The summed E-state index contributed by atoms with van der Waals surface area (Å²) in [4.78, 5) is 37.6. The van der Waals surface area contributed by atoms with E-state index in [1.54, 1.807) is 16.7 Å². The zero-order valence-electron chi connectivity index (χ0n) is 17.9. The van der Waals surface area contributed by atoms with Crippen molar-refractivity contribution in [2.24, 2.45) is 0 Å². The van der Waals surface area contributed by atoms with E-state index in [1.165, 1.54) is 11.3 Å². The van der Waals surface area contributed by atoms with Gasteiger partial charge in [-0.1, -0.05) is 30.3 Å². The van der Waals surface area contributed by atoms with Crippen LogP contribution in [0.5, 0.6) is 0 Å². The second kappa shape index (κ2) is 9.50. The third kappa shape index (κ3) is 4.47. The first kappa shape index (κ1) is 21.3. The van der Waals surface area contributed by atoms with Gasteiger partial charge in [0.1, 0.15) is 6.04 Å². The monoisotopic (exact) mass is 453 g/mol. The van der Waals surface area contributed by atoms with Crippen LogP contribution in [0.15, 0.2) is 52.8 Å². The molecule has 2 aromatic heterocycles. The molecular formula is C23H27N5O3S. The van der Waals surface area contributed by atoms with Crippen molar-refractivity contribution in [2.45, 2.75) is 12.6 Å². The molecule has 9 heteroatoms. The van der Waals surface area contributed by atoms with Crippen molar-refractivity contribution in [3.8, 4) is 0 Å². The molecule has 4 heterocycles. The topological polar surface area (TPSA) is 70.4 Å². The highest BCUT2D eigenvalue weighted by molar-refractivity contribution is 7.15. The Morgan fingerprint density at radius 3 is 2.56 bits per heavy atom. The lowest BCUT2D eigenvalue weighted by Gasteiger charge is -2.41. The van der Waals surface area contributed by atoms with Crippen LogP contribution < -0.4 is 5.56 Å². The summed E-state index contributed by atoms with van der Waals surface area (Å²) in [5.41, 5.74) is 1.80. The number of amides is 1. The Kier molecular flexibility index (Phi) is 6.31. The molecule has 0 radical (unpaired) electrons. The number of benzene rings is 1. The quantitative estimate of drug-likeness (QED) is 0.583. The molecule has 2 aliphatic rings. The third-order valence-electron chi connectivity index (χ3n) is 6.19. The van der Waals surface area contributed by atoms with Crippen molar-refractivity contribution < 1.29 is 9.53 Å². The normalized spacial score (nSPS) is 19.3. The first-order valence-corrected chi connectivity index (χ1v) is 11.9. The number of fused-ring (bicyclic) bond motifs is 1.